The maximum Gasteiger partial charge on any atom is 0.163 e. The minimum atomic E-state index is 0.483. The van der Waals surface area contributed by atoms with Crippen molar-refractivity contribution in [3.8, 4) is 34.4 Å². The highest BCUT2D eigenvalue weighted by atomic mass is 16.5. The van der Waals surface area contributed by atoms with Crippen LogP contribution in [0.5, 0.6) is 23.0 Å². The Morgan fingerprint density at radius 3 is 2.34 bits per heavy atom. The molecule has 4 aromatic rings. The molecule has 0 spiro atoms. The van der Waals surface area contributed by atoms with Gasteiger partial charge in [-0.3, -0.25) is 0 Å². The van der Waals surface area contributed by atoms with Gasteiger partial charge < -0.3 is 23.9 Å². The van der Waals surface area contributed by atoms with Gasteiger partial charge in [-0.15, -0.1) is 0 Å². The number of ether oxygens (including phenoxy) is 4. The lowest BCUT2D eigenvalue weighted by atomic mass is 10.1. The van der Waals surface area contributed by atoms with Crippen LogP contribution in [0.25, 0.3) is 22.4 Å². The van der Waals surface area contributed by atoms with Crippen LogP contribution in [0.3, 0.4) is 0 Å². The Morgan fingerprint density at radius 2 is 1.59 bits per heavy atom. The van der Waals surface area contributed by atoms with Gasteiger partial charge in [0.2, 0.25) is 0 Å². The van der Waals surface area contributed by atoms with E-state index in [-0.39, 0.29) is 0 Å². The van der Waals surface area contributed by atoms with Gasteiger partial charge in [-0.2, -0.15) is 0 Å². The van der Waals surface area contributed by atoms with Crippen molar-refractivity contribution >= 4 is 11.0 Å². The molecule has 4 rings (SSSR count). The molecule has 6 nitrogen and oxygen atoms in total. The normalized spacial score (nSPS) is 10.9. The molecule has 3 aromatic carbocycles. The Labute approximate surface area is 188 Å². The summed E-state index contributed by atoms with van der Waals surface area (Å²) in [5, 5.41) is 0. The van der Waals surface area contributed by atoms with E-state index in [9.17, 15) is 0 Å². The fourth-order valence-corrected chi connectivity index (χ4v) is 3.63. The van der Waals surface area contributed by atoms with Crippen LogP contribution < -0.4 is 18.9 Å². The molecule has 0 fully saturated rings. The minimum Gasteiger partial charge on any atom is -0.493 e. The molecule has 0 aliphatic heterocycles. The molecule has 1 N–H and O–H groups in total. The summed E-state index contributed by atoms with van der Waals surface area (Å²) in [5.74, 6) is 3.42. The van der Waals surface area contributed by atoms with E-state index in [4.69, 9.17) is 23.9 Å². The van der Waals surface area contributed by atoms with Crippen LogP contribution in [-0.4, -0.2) is 30.8 Å². The Hall–Kier alpha value is -3.67. The SMILES string of the molecule is CCOc1cc(-c2nc3cc(OC)c(OC)cc3[nH]2)ccc1OCc1cc(C)ccc1C. The van der Waals surface area contributed by atoms with Crippen LogP contribution in [-0.2, 0) is 6.61 Å². The predicted octanol–water partition coefficient (Wildman–Crippen LogP) is 5.84. The summed E-state index contributed by atoms with van der Waals surface area (Å²) in [6.45, 7) is 7.16. The number of fused-ring (bicyclic) bond motifs is 1. The van der Waals surface area contributed by atoms with E-state index in [1.807, 2.05) is 37.3 Å². The molecular formula is C26H28N2O4. The second-order valence-corrected chi connectivity index (χ2v) is 7.62. The number of methoxy groups -OCH3 is 2. The van der Waals surface area contributed by atoms with Crippen molar-refractivity contribution < 1.29 is 18.9 Å². The molecule has 0 amide bonds. The largest absolute Gasteiger partial charge is 0.493 e. The number of H-pyrrole nitrogens is 1. The third-order valence-electron chi connectivity index (χ3n) is 5.39. The molecule has 1 aromatic heterocycles. The maximum absolute atomic E-state index is 6.13. The number of rotatable bonds is 8. The first-order chi connectivity index (χ1) is 15.5. The van der Waals surface area contributed by atoms with E-state index >= 15 is 0 Å². The van der Waals surface area contributed by atoms with E-state index in [2.05, 4.69) is 37.0 Å². The van der Waals surface area contributed by atoms with Gasteiger partial charge in [0.1, 0.15) is 12.4 Å². The number of aromatic nitrogens is 2. The Balaban J connectivity index is 1.64. The van der Waals surface area contributed by atoms with Gasteiger partial charge in [0.15, 0.2) is 23.0 Å². The molecule has 1 heterocycles. The van der Waals surface area contributed by atoms with Crippen LogP contribution in [0.15, 0.2) is 48.5 Å². The Morgan fingerprint density at radius 1 is 0.812 bits per heavy atom. The maximum atomic E-state index is 6.13. The highest BCUT2D eigenvalue weighted by Crippen LogP contribution is 2.35. The Bertz CT molecular complexity index is 1210. The van der Waals surface area contributed by atoms with E-state index < -0.39 is 0 Å². The molecule has 166 valence electrons. The molecule has 0 radical (unpaired) electrons. The fourth-order valence-electron chi connectivity index (χ4n) is 3.63. The van der Waals surface area contributed by atoms with Gasteiger partial charge in [0.05, 0.1) is 31.9 Å². The van der Waals surface area contributed by atoms with Crippen molar-refractivity contribution in [2.24, 2.45) is 0 Å². The number of nitrogens with zero attached hydrogens (tertiary/aromatic N) is 1. The number of nitrogens with one attached hydrogen (secondary N) is 1. The number of hydrogen-bond donors (Lipinski definition) is 1. The van der Waals surface area contributed by atoms with Gasteiger partial charge in [0, 0.05) is 17.7 Å². The lowest BCUT2D eigenvalue weighted by Crippen LogP contribution is -2.01. The first-order valence-electron chi connectivity index (χ1n) is 10.6. The van der Waals surface area contributed by atoms with Crippen LogP contribution in [0.1, 0.15) is 23.6 Å². The number of aromatic amines is 1. The third kappa shape index (κ3) is 4.35. The monoisotopic (exact) mass is 432 g/mol. The molecule has 6 heteroatoms. The van der Waals surface area contributed by atoms with Gasteiger partial charge in [-0.25, -0.2) is 4.98 Å². The molecule has 0 aliphatic rings. The van der Waals surface area contributed by atoms with Crippen LogP contribution in [0.4, 0.5) is 0 Å². The summed E-state index contributed by atoms with van der Waals surface area (Å²) in [4.78, 5) is 8.08. The summed E-state index contributed by atoms with van der Waals surface area (Å²) in [5.41, 5.74) is 6.15. The highest BCUT2D eigenvalue weighted by molar-refractivity contribution is 5.83. The van der Waals surface area contributed by atoms with E-state index in [0.29, 0.717) is 36.2 Å². The lowest BCUT2D eigenvalue weighted by Gasteiger charge is -2.14. The molecule has 0 aliphatic carbocycles. The Kier molecular flexibility index (Phi) is 6.21. The number of hydrogen-bond acceptors (Lipinski definition) is 5. The van der Waals surface area contributed by atoms with Crippen molar-refractivity contribution in [1.29, 1.82) is 0 Å². The van der Waals surface area contributed by atoms with E-state index in [1.165, 1.54) is 11.1 Å². The molecule has 0 saturated carbocycles. The molecule has 0 atom stereocenters. The summed E-state index contributed by atoms with van der Waals surface area (Å²) in [6, 6.07) is 16.0. The second kappa shape index (κ2) is 9.22. The lowest BCUT2D eigenvalue weighted by molar-refractivity contribution is 0.269. The quantitative estimate of drug-likeness (QED) is 0.379. The second-order valence-electron chi connectivity index (χ2n) is 7.62. The summed E-state index contributed by atoms with van der Waals surface area (Å²) >= 11 is 0. The van der Waals surface area contributed by atoms with Crippen molar-refractivity contribution in [3.05, 3.63) is 65.2 Å². The summed E-state index contributed by atoms with van der Waals surface area (Å²) in [7, 11) is 3.23. The van der Waals surface area contributed by atoms with Gasteiger partial charge >= 0.3 is 0 Å². The average molecular weight is 433 g/mol. The highest BCUT2D eigenvalue weighted by Gasteiger charge is 2.14. The van der Waals surface area contributed by atoms with E-state index in [0.717, 1.165) is 28.0 Å². The van der Waals surface area contributed by atoms with Gasteiger partial charge in [0.25, 0.3) is 0 Å². The first kappa shape index (κ1) is 21.6. The minimum absolute atomic E-state index is 0.483. The van der Waals surface area contributed by atoms with E-state index in [1.54, 1.807) is 14.2 Å². The smallest absolute Gasteiger partial charge is 0.163 e. The zero-order chi connectivity index (χ0) is 22.7. The summed E-state index contributed by atoms with van der Waals surface area (Å²) in [6.07, 6.45) is 0. The summed E-state index contributed by atoms with van der Waals surface area (Å²) < 4.78 is 22.8. The first-order valence-corrected chi connectivity index (χ1v) is 10.6. The topological polar surface area (TPSA) is 65.6 Å². The van der Waals surface area contributed by atoms with Gasteiger partial charge in [-0.05, 0) is 50.1 Å². The average Bonchev–Trinajstić information content (AvgIpc) is 3.22. The molecule has 0 bridgehead atoms. The number of imidazole rings is 1. The molecule has 32 heavy (non-hydrogen) atoms. The van der Waals surface area contributed by atoms with Crippen molar-refractivity contribution in [2.45, 2.75) is 27.4 Å². The fraction of sp³-hybridized carbons (Fsp3) is 0.269. The molecular weight excluding hydrogens is 404 g/mol. The van der Waals surface area contributed by atoms with Crippen molar-refractivity contribution in [2.75, 3.05) is 20.8 Å². The van der Waals surface area contributed by atoms with Crippen molar-refractivity contribution in [1.82, 2.24) is 9.97 Å². The standard InChI is InChI=1S/C26H28N2O4/c1-6-31-25-12-18(9-10-22(25)32-15-19-11-16(2)7-8-17(19)3)26-27-20-13-23(29-4)24(30-5)14-21(20)28-26/h7-14H,6,15H2,1-5H3,(H,27,28). The zero-order valence-corrected chi connectivity index (χ0v) is 19.1. The zero-order valence-electron chi connectivity index (χ0n) is 19.1. The van der Waals surface area contributed by atoms with Crippen LogP contribution in [0.2, 0.25) is 0 Å². The number of benzene rings is 3. The molecule has 0 unspecified atom stereocenters. The predicted molar refractivity (Wildman–Crippen MR) is 126 cm³/mol. The number of aryl methyl sites for hydroxylation is 2. The van der Waals surface area contributed by atoms with Gasteiger partial charge in [-0.1, -0.05) is 23.8 Å². The van der Waals surface area contributed by atoms with Crippen molar-refractivity contribution in [3.63, 3.8) is 0 Å². The third-order valence-corrected chi connectivity index (χ3v) is 5.39. The van der Waals surface area contributed by atoms with Crippen LogP contribution >= 0.6 is 0 Å². The molecule has 0 saturated heterocycles. The van der Waals surface area contributed by atoms with Crippen LogP contribution in [0, 0.1) is 13.8 Å².